The van der Waals surface area contributed by atoms with Gasteiger partial charge in [0.2, 0.25) is 0 Å². The predicted octanol–water partition coefficient (Wildman–Crippen LogP) is 0.746. The Balaban J connectivity index is 2.52. The van der Waals surface area contributed by atoms with Crippen LogP contribution in [0.4, 0.5) is 0 Å². The fourth-order valence-electron chi connectivity index (χ4n) is 1.66. The number of halogens is 1. The van der Waals surface area contributed by atoms with Gasteiger partial charge in [-0.1, -0.05) is 11.6 Å². The summed E-state index contributed by atoms with van der Waals surface area (Å²) in [6.07, 6.45) is 0.578. The molecule has 5 nitrogen and oxygen atoms in total. The van der Waals surface area contributed by atoms with E-state index in [2.05, 4.69) is 9.97 Å². The van der Waals surface area contributed by atoms with Crippen molar-refractivity contribution in [2.45, 2.75) is 19.6 Å². The summed E-state index contributed by atoms with van der Waals surface area (Å²) in [7, 11) is 0. The van der Waals surface area contributed by atoms with Gasteiger partial charge in [-0.3, -0.25) is 0 Å². The molecule has 0 aliphatic heterocycles. The van der Waals surface area contributed by atoms with Crippen LogP contribution < -0.4 is 0 Å². The van der Waals surface area contributed by atoms with E-state index in [9.17, 15) is 5.11 Å². The normalized spacial score (nSPS) is 13.2. The van der Waals surface area contributed by atoms with Gasteiger partial charge in [0.25, 0.3) is 0 Å². The fraction of sp³-hybridized carbons (Fsp3) is 0.400. The highest BCUT2D eigenvalue weighted by molar-refractivity contribution is 6.33. The van der Waals surface area contributed by atoms with E-state index in [1.54, 1.807) is 0 Å². The highest BCUT2D eigenvalue weighted by atomic mass is 35.5. The molecule has 1 atom stereocenters. The zero-order chi connectivity index (χ0) is 11.7. The number of nitrogens with zero attached hydrogens (tertiary/aromatic N) is 3. The Kier molecular flexibility index (Phi) is 3.09. The number of fused-ring (bicyclic) bond motifs is 1. The van der Waals surface area contributed by atoms with Gasteiger partial charge in [-0.05, 0) is 13.0 Å². The maximum absolute atomic E-state index is 9.44. The minimum absolute atomic E-state index is 0.280. The number of aliphatic hydroxyl groups is 2. The van der Waals surface area contributed by atoms with Crippen molar-refractivity contribution >= 4 is 22.6 Å². The van der Waals surface area contributed by atoms with Crippen LogP contribution in [0, 0.1) is 6.92 Å². The van der Waals surface area contributed by atoms with E-state index in [0.717, 1.165) is 11.1 Å². The Labute approximate surface area is 97.3 Å². The Hall–Kier alpha value is -1.17. The Bertz CT molecular complexity index is 512. The summed E-state index contributed by atoms with van der Waals surface area (Å²) in [6, 6.07) is 1.86. The number of hydrogen-bond acceptors (Lipinski definition) is 4. The van der Waals surface area contributed by atoms with Gasteiger partial charge in [0.05, 0.1) is 24.6 Å². The molecular weight excluding hydrogens is 230 g/mol. The van der Waals surface area contributed by atoms with Crippen LogP contribution in [-0.4, -0.2) is 37.5 Å². The predicted molar refractivity (Wildman–Crippen MR) is 60.4 cm³/mol. The lowest BCUT2D eigenvalue weighted by Gasteiger charge is -2.11. The molecule has 0 aliphatic rings. The first-order valence-electron chi connectivity index (χ1n) is 4.88. The molecule has 0 radical (unpaired) electrons. The van der Waals surface area contributed by atoms with Crippen LogP contribution in [0.5, 0.6) is 0 Å². The van der Waals surface area contributed by atoms with Gasteiger partial charge in [-0.2, -0.15) is 0 Å². The standard InChI is InChI=1S/C10H12ClN3O2/c1-6-2-8-9(11)12-5-13-10(8)14(6)3-7(16)4-15/h2,5,7,15-16H,3-4H2,1H3/t7-/m1/s1. The van der Waals surface area contributed by atoms with Gasteiger partial charge in [-0.15, -0.1) is 0 Å². The van der Waals surface area contributed by atoms with Crippen LogP contribution >= 0.6 is 11.6 Å². The van der Waals surface area contributed by atoms with Crippen molar-refractivity contribution in [3.05, 3.63) is 23.2 Å². The average Bonchev–Trinajstić information content (AvgIpc) is 2.58. The molecule has 0 saturated carbocycles. The van der Waals surface area contributed by atoms with Crippen LogP contribution in [0.3, 0.4) is 0 Å². The maximum atomic E-state index is 9.44. The molecule has 2 aromatic heterocycles. The molecule has 6 heteroatoms. The summed E-state index contributed by atoms with van der Waals surface area (Å²) < 4.78 is 1.81. The molecule has 2 N–H and O–H groups in total. The summed E-state index contributed by atoms with van der Waals surface area (Å²) in [6.45, 7) is 1.90. The van der Waals surface area contributed by atoms with Gasteiger partial charge in [0, 0.05) is 5.69 Å². The first-order valence-corrected chi connectivity index (χ1v) is 5.26. The van der Waals surface area contributed by atoms with Crippen LogP contribution in [0.15, 0.2) is 12.4 Å². The number of aryl methyl sites for hydroxylation is 1. The molecule has 0 unspecified atom stereocenters. The summed E-state index contributed by atoms with van der Waals surface area (Å²) in [5, 5.41) is 19.4. The highest BCUT2D eigenvalue weighted by Gasteiger charge is 2.12. The van der Waals surface area contributed by atoms with Gasteiger partial charge < -0.3 is 14.8 Å². The van der Waals surface area contributed by atoms with Gasteiger partial charge >= 0.3 is 0 Å². The van der Waals surface area contributed by atoms with Crippen molar-refractivity contribution < 1.29 is 10.2 Å². The van der Waals surface area contributed by atoms with Crippen LogP contribution in [0.25, 0.3) is 11.0 Å². The molecule has 0 spiro atoms. The number of rotatable bonds is 3. The molecule has 2 aromatic rings. The monoisotopic (exact) mass is 241 g/mol. The zero-order valence-electron chi connectivity index (χ0n) is 8.76. The Morgan fingerprint density at radius 2 is 2.25 bits per heavy atom. The lowest BCUT2D eigenvalue weighted by Crippen LogP contribution is -2.20. The number of hydrogen-bond donors (Lipinski definition) is 2. The second-order valence-electron chi connectivity index (χ2n) is 3.63. The average molecular weight is 242 g/mol. The highest BCUT2D eigenvalue weighted by Crippen LogP contribution is 2.23. The van der Waals surface area contributed by atoms with Crippen LogP contribution in [0.2, 0.25) is 5.15 Å². The van der Waals surface area contributed by atoms with Gasteiger partial charge in [0.15, 0.2) is 0 Å². The van der Waals surface area contributed by atoms with Crippen LogP contribution in [0.1, 0.15) is 5.69 Å². The Morgan fingerprint density at radius 1 is 1.50 bits per heavy atom. The van der Waals surface area contributed by atoms with Crippen molar-refractivity contribution in [2.24, 2.45) is 0 Å². The number of aliphatic hydroxyl groups excluding tert-OH is 2. The second-order valence-corrected chi connectivity index (χ2v) is 3.99. The van der Waals surface area contributed by atoms with E-state index in [1.807, 2.05) is 17.6 Å². The summed E-state index contributed by atoms with van der Waals surface area (Å²) in [4.78, 5) is 8.02. The molecule has 2 rings (SSSR count). The third kappa shape index (κ3) is 1.89. The molecule has 0 aliphatic carbocycles. The molecule has 86 valence electrons. The molecule has 16 heavy (non-hydrogen) atoms. The minimum Gasteiger partial charge on any atom is -0.394 e. The number of aromatic nitrogens is 3. The molecular formula is C10H12ClN3O2. The smallest absolute Gasteiger partial charge is 0.145 e. The quantitative estimate of drug-likeness (QED) is 0.778. The maximum Gasteiger partial charge on any atom is 0.145 e. The lowest BCUT2D eigenvalue weighted by atomic mass is 10.3. The zero-order valence-corrected chi connectivity index (χ0v) is 9.52. The third-order valence-corrected chi connectivity index (χ3v) is 2.75. The van der Waals surface area contributed by atoms with Crippen molar-refractivity contribution in [1.29, 1.82) is 0 Å². The van der Waals surface area contributed by atoms with Gasteiger partial charge in [-0.25, -0.2) is 9.97 Å². The van der Waals surface area contributed by atoms with Crippen LogP contribution in [-0.2, 0) is 6.54 Å². The van der Waals surface area contributed by atoms with E-state index in [0.29, 0.717) is 17.3 Å². The van der Waals surface area contributed by atoms with E-state index in [-0.39, 0.29) is 6.61 Å². The second kappa shape index (κ2) is 4.37. The van der Waals surface area contributed by atoms with Gasteiger partial charge in [0.1, 0.15) is 17.1 Å². The lowest BCUT2D eigenvalue weighted by molar-refractivity contribution is 0.0817. The first-order chi connectivity index (χ1) is 7.63. The van der Waals surface area contributed by atoms with E-state index >= 15 is 0 Å². The van der Waals surface area contributed by atoms with E-state index in [1.165, 1.54) is 6.33 Å². The molecule has 0 aromatic carbocycles. The van der Waals surface area contributed by atoms with Crippen molar-refractivity contribution in [2.75, 3.05) is 6.61 Å². The molecule has 2 heterocycles. The van der Waals surface area contributed by atoms with Crippen molar-refractivity contribution in [3.8, 4) is 0 Å². The van der Waals surface area contributed by atoms with E-state index < -0.39 is 6.10 Å². The minimum atomic E-state index is -0.803. The van der Waals surface area contributed by atoms with E-state index in [4.69, 9.17) is 16.7 Å². The molecule has 0 saturated heterocycles. The molecule has 0 amide bonds. The topological polar surface area (TPSA) is 71.2 Å². The summed E-state index contributed by atoms with van der Waals surface area (Å²) >= 11 is 5.94. The largest absolute Gasteiger partial charge is 0.394 e. The van der Waals surface area contributed by atoms with Crippen molar-refractivity contribution in [1.82, 2.24) is 14.5 Å². The molecule has 0 fully saturated rings. The van der Waals surface area contributed by atoms with Crippen molar-refractivity contribution in [3.63, 3.8) is 0 Å². The summed E-state index contributed by atoms with van der Waals surface area (Å²) in [5.74, 6) is 0. The molecule has 0 bridgehead atoms. The Morgan fingerprint density at radius 3 is 2.94 bits per heavy atom. The fourth-order valence-corrected chi connectivity index (χ4v) is 1.84. The third-order valence-electron chi connectivity index (χ3n) is 2.45. The first kappa shape index (κ1) is 11.3. The summed E-state index contributed by atoms with van der Waals surface area (Å²) in [5.41, 5.74) is 1.59. The SMILES string of the molecule is Cc1cc2c(Cl)ncnc2n1C[C@@H](O)CO.